The van der Waals surface area contributed by atoms with Gasteiger partial charge in [-0.2, -0.15) is 5.26 Å². The van der Waals surface area contributed by atoms with Crippen molar-refractivity contribution in [1.29, 1.82) is 5.26 Å². The van der Waals surface area contributed by atoms with E-state index in [1.54, 1.807) is 0 Å². The fraction of sp³-hybridized carbons (Fsp3) is 0.107. The summed E-state index contributed by atoms with van der Waals surface area (Å²) in [6.45, 7) is 2.01. The Morgan fingerprint density at radius 3 is 2.46 bits per heavy atom. The number of rotatable bonds is 8. The minimum absolute atomic E-state index is 0.0343. The molecule has 9 heteroatoms. The topological polar surface area (TPSA) is 118 Å². The largest absolute Gasteiger partial charge is 0.494 e. The molecule has 0 bridgehead atoms. The molecule has 8 nitrogen and oxygen atoms in total. The van der Waals surface area contributed by atoms with Crippen LogP contribution in [0.15, 0.2) is 83.9 Å². The summed E-state index contributed by atoms with van der Waals surface area (Å²) < 4.78 is 5.19. The smallest absolute Gasteiger partial charge is 0.273 e. The lowest BCUT2D eigenvalue weighted by molar-refractivity contribution is -0.384. The van der Waals surface area contributed by atoms with Gasteiger partial charge in [0.2, 0.25) is 5.91 Å². The fourth-order valence-electron chi connectivity index (χ4n) is 3.67. The quantitative estimate of drug-likeness (QED) is 0.169. The molecule has 4 aromatic rings. The van der Waals surface area contributed by atoms with Crippen molar-refractivity contribution in [3.05, 3.63) is 100 Å². The van der Waals surface area contributed by atoms with Crippen LogP contribution < -0.4 is 10.1 Å². The van der Waals surface area contributed by atoms with Gasteiger partial charge in [-0.05, 0) is 24.6 Å². The number of nitrogens with one attached hydrogen (secondary N) is 1. The molecule has 0 saturated carbocycles. The van der Waals surface area contributed by atoms with Gasteiger partial charge in [0.1, 0.15) is 16.8 Å². The number of pyridine rings is 1. The van der Waals surface area contributed by atoms with Crippen LogP contribution in [-0.4, -0.2) is 28.7 Å². The lowest BCUT2D eigenvalue weighted by Crippen LogP contribution is -2.15. The minimum Gasteiger partial charge on any atom is -0.494 e. The molecule has 1 aromatic heterocycles. The number of hydrogen-bond acceptors (Lipinski definition) is 7. The number of thioether (sulfide) groups is 1. The predicted molar refractivity (Wildman–Crippen MR) is 144 cm³/mol. The van der Waals surface area contributed by atoms with Gasteiger partial charge in [0.05, 0.1) is 40.8 Å². The first-order valence-corrected chi connectivity index (χ1v) is 12.2. The molecule has 0 spiro atoms. The van der Waals surface area contributed by atoms with Gasteiger partial charge in [0.15, 0.2) is 0 Å². The second-order valence-corrected chi connectivity index (χ2v) is 9.02. The Labute approximate surface area is 218 Å². The number of aryl methyl sites for hydroxylation is 1. The van der Waals surface area contributed by atoms with Gasteiger partial charge in [-0.25, -0.2) is 4.98 Å². The highest BCUT2D eigenvalue weighted by Crippen LogP contribution is 2.35. The van der Waals surface area contributed by atoms with Gasteiger partial charge in [0, 0.05) is 17.2 Å². The van der Waals surface area contributed by atoms with Crippen LogP contribution >= 0.6 is 11.8 Å². The molecule has 0 atom stereocenters. The van der Waals surface area contributed by atoms with Crippen molar-refractivity contribution in [2.45, 2.75) is 11.9 Å². The number of aromatic nitrogens is 1. The number of hydrogen-bond donors (Lipinski definition) is 1. The maximum absolute atomic E-state index is 12.8. The van der Waals surface area contributed by atoms with Gasteiger partial charge in [-0.15, -0.1) is 0 Å². The normalized spacial score (nSPS) is 10.4. The maximum Gasteiger partial charge on any atom is 0.273 e. The van der Waals surface area contributed by atoms with Crippen LogP contribution in [0.5, 0.6) is 5.75 Å². The summed E-state index contributed by atoms with van der Waals surface area (Å²) in [6, 6.07) is 25.6. The third kappa shape index (κ3) is 5.94. The van der Waals surface area contributed by atoms with Crippen LogP contribution in [0.1, 0.15) is 11.1 Å². The molecule has 3 aromatic carbocycles. The number of benzene rings is 3. The lowest BCUT2D eigenvalue weighted by atomic mass is 9.99. The van der Waals surface area contributed by atoms with Crippen LogP contribution in [0.3, 0.4) is 0 Å². The molecule has 0 saturated heterocycles. The second kappa shape index (κ2) is 11.4. The van der Waals surface area contributed by atoms with Gasteiger partial charge in [-0.3, -0.25) is 14.9 Å². The van der Waals surface area contributed by atoms with Crippen LogP contribution in [0.25, 0.3) is 22.4 Å². The van der Waals surface area contributed by atoms with E-state index in [1.165, 1.54) is 25.3 Å². The molecule has 1 N–H and O–H groups in total. The van der Waals surface area contributed by atoms with E-state index in [-0.39, 0.29) is 23.1 Å². The SMILES string of the molecule is COc1cc([N+](=O)[O-])ccc1NC(=O)CSc1nc(-c2ccc(C)cc2)cc(-c2ccccc2)c1C#N. The highest BCUT2D eigenvalue weighted by molar-refractivity contribution is 8.00. The molecule has 184 valence electrons. The average Bonchev–Trinajstić information content (AvgIpc) is 2.92. The molecule has 0 unspecified atom stereocenters. The van der Waals surface area contributed by atoms with Gasteiger partial charge in [0.25, 0.3) is 5.69 Å². The Balaban J connectivity index is 1.65. The molecule has 0 fully saturated rings. The Bertz CT molecular complexity index is 1500. The summed E-state index contributed by atoms with van der Waals surface area (Å²) in [5.41, 5.74) is 4.86. The molecule has 1 amide bonds. The number of nitro groups is 1. The van der Waals surface area contributed by atoms with E-state index >= 15 is 0 Å². The zero-order valence-corrected chi connectivity index (χ0v) is 20.9. The number of anilines is 1. The molecule has 4 rings (SSSR count). The van der Waals surface area contributed by atoms with Crippen molar-refractivity contribution >= 4 is 29.0 Å². The number of nitro benzene ring substituents is 1. The third-order valence-electron chi connectivity index (χ3n) is 5.54. The van der Waals surface area contributed by atoms with Crippen LogP contribution in [0, 0.1) is 28.4 Å². The maximum atomic E-state index is 12.8. The van der Waals surface area contributed by atoms with Crippen molar-refractivity contribution in [2.75, 3.05) is 18.2 Å². The van der Waals surface area contributed by atoms with E-state index in [0.717, 1.165) is 34.0 Å². The highest BCUT2D eigenvalue weighted by atomic mass is 32.2. The van der Waals surface area contributed by atoms with Crippen molar-refractivity contribution in [1.82, 2.24) is 4.98 Å². The van der Waals surface area contributed by atoms with E-state index in [2.05, 4.69) is 11.4 Å². The van der Waals surface area contributed by atoms with Crippen molar-refractivity contribution in [3.63, 3.8) is 0 Å². The van der Waals surface area contributed by atoms with Crippen molar-refractivity contribution < 1.29 is 14.5 Å². The molecule has 0 aliphatic rings. The van der Waals surface area contributed by atoms with E-state index in [4.69, 9.17) is 9.72 Å². The number of nitriles is 1. The monoisotopic (exact) mass is 510 g/mol. The first-order valence-electron chi connectivity index (χ1n) is 11.2. The van der Waals surface area contributed by atoms with Gasteiger partial charge in [-0.1, -0.05) is 71.9 Å². The minimum atomic E-state index is -0.537. The number of ether oxygens (including phenoxy) is 1. The zero-order chi connectivity index (χ0) is 26.4. The van der Waals surface area contributed by atoms with Crippen LogP contribution in [0.4, 0.5) is 11.4 Å². The van der Waals surface area contributed by atoms with Crippen LogP contribution in [-0.2, 0) is 4.79 Å². The highest BCUT2D eigenvalue weighted by Gasteiger charge is 2.18. The number of carbonyl (C=O) groups excluding carboxylic acids is 1. The summed E-state index contributed by atoms with van der Waals surface area (Å²) in [7, 11) is 1.37. The summed E-state index contributed by atoms with van der Waals surface area (Å²) >= 11 is 1.15. The van der Waals surface area contributed by atoms with E-state index in [1.807, 2.05) is 67.6 Å². The van der Waals surface area contributed by atoms with Crippen LogP contribution in [0.2, 0.25) is 0 Å². The lowest BCUT2D eigenvalue weighted by Gasteiger charge is -2.13. The predicted octanol–water partition coefficient (Wildman–Crippen LogP) is 6.24. The third-order valence-corrected chi connectivity index (χ3v) is 6.52. The summed E-state index contributed by atoms with van der Waals surface area (Å²) in [4.78, 5) is 28.0. The molecular weight excluding hydrogens is 488 g/mol. The Hall–Kier alpha value is -4.68. The standard InChI is InChI=1S/C28H22N4O4S/c1-18-8-10-20(11-9-18)25-15-22(19-6-4-3-5-7-19)23(16-29)28(31-25)37-17-27(33)30-24-13-12-21(32(34)35)14-26(24)36-2/h3-15H,17H2,1-2H3,(H,30,33). The fourth-order valence-corrected chi connectivity index (χ4v) is 4.47. The van der Waals surface area contributed by atoms with Crippen molar-refractivity contribution in [3.8, 4) is 34.2 Å². The van der Waals surface area contributed by atoms with E-state index < -0.39 is 4.92 Å². The number of nitrogens with zero attached hydrogens (tertiary/aromatic N) is 3. The van der Waals surface area contributed by atoms with Gasteiger partial charge < -0.3 is 10.1 Å². The number of methoxy groups -OCH3 is 1. The first kappa shape index (κ1) is 25.4. The average molecular weight is 511 g/mol. The van der Waals surface area contributed by atoms with E-state index in [9.17, 15) is 20.2 Å². The van der Waals surface area contributed by atoms with Gasteiger partial charge >= 0.3 is 0 Å². The molecular formula is C28H22N4O4S. The van der Waals surface area contributed by atoms with E-state index in [0.29, 0.717) is 22.0 Å². The summed E-state index contributed by atoms with van der Waals surface area (Å²) in [5, 5.41) is 24.2. The van der Waals surface area contributed by atoms with Crippen molar-refractivity contribution in [2.24, 2.45) is 0 Å². The molecule has 1 heterocycles. The Morgan fingerprint density at radius 1 is 1.08 bits per heavy atom. The summed E-state index contributed by atoms with van der Waals surface area (Å²) in [6.07, 6.45) is 0. The first-order chi connectivity index (χ1) is 17.9. The molecule has 0 aliphatic heterocycles. The number of amides is 1. The second-order valence-electron chi connectivity index (χ2n) is 8.06. The Kier molecular flexibility index (Phi) is 7.81. The Morgan fingerprint density at radius 2 is 1.81 bits per heavy atom. The molecule has 0 aliphatic carbocycles. The number of carbonyl (C=O) groups is 1. The number of non-ortho nitro benzene ring substituents is 1. The molecule has 37 heavy (non-hydrogen) atoms. The zero-order valence-electron chi connectivity index (χ0n) is 20.1. The molecule has 0 radical (unpaired) electrons. The summed E-state index contributed by atoms with van der Waals surface area (Å²) in [5.74, 6) is -0.228.